The summed E-state index contributed by atoms with van der Waals surface area (Å²) in [5, 5.41) is 0. The van der Waals surface area contributed by atoms with Gasteiger partial charge in [0.25, 0.3) is 5.91 Å². The molecule has 0 aromatic carbocycles. The van der Waals surface area contributed by atoms with Gasteiger partial charge in [-0.25, -0.2) is 4.98 Å². The molecule has 0 radical (unpaired) electrons. The minimum Gasteiger partial charge on any atom is -0.368 e. The van der Waals surface area contributed by atoms with E-state index < -0.39 is 0 Å². The molecule has 20 heavy (non-hydrogen) atoms. The molecule has 5 nitrogen and oxygen atoms in total. The average molecular weight is 289 g/mol. The number of ether oxygens (including phenoxy) is 1. The van der Waals surface area contributed by atoms with E-state index in [-0.39, 0.29) is 12.0 Å². The molecule has 3 heterocycles. The maximum atomic E-state index is 12.5. The van der Waals surface area contributed by atoms with Crippen LogP contribution in [-0.4, -0.2) is 40.5 Å². The van der Waals surface area contributed by atoms with E-state index in [0.29, 0.717) is 24.6 Å². The highest BCUT2D eigenvalue weighted by atomic mass is 32.1. The van der Waals surface area contributed by atoms with Crippen molar-refractivity contribution in [1.82, 2.24) is 14.9 Å². The summed E-state index contributed by atoms with van der Waals surface area (Å²) in [6, 6.07) is 5.73. The molecular weight excluding hydrogens is 274 g/mol. The summed E-state index contributed by atoms with van der Waals surface area (Å²) in [5.41, 5.74) is 3.37. The second kappa shape index (κ2) is 5.68. The predicted octanol–water partition coefficient (Wildman–Crippen LogP) is 2.06. The summed E-state index contributed by atoms with van der Waals surface area (Å²) in [7, 11) is 0. The van der Waals surface area contributed by atoms with Gasteiger partial charge >= 0.3 is 0 Å². The van der Waals surface area contributed by atoms with Crippen molar-refractivity contribution in [3.8, 4) is 0 Å². The number of pyridine rings is 1. The van der Waals surface area contributed by atoms with Crippen LogP contribution >= 0.6 is 11.3 Å². The molecule has 3 rings (SSSR count). The molecule has 1 amide bonds. The maximum Gasteiger partial charge on any atom is 0.266 e. The fourth-order valence-corrected chi connectivity index (χ4v) is 3.00. The van der Waals surface area contributed by atoms with Gasteiger partial charge in [0, 0.05) is 12.7 Å². The highest BCUT2D eigenvalue weighted by molar-refractivity contribution is 7.11. The molecule has 0 saturated carbocycles. The molecule has 0 spiro atoms. The van der Waals surface area contributed by atoms with Gasteiger partial charge in [-0.1, -0.05) is 6.07 Å². The molecule has 0 N–H and O–H groups in total. The van der Waals surface area contributed by atoms with Crippen LogP contribution in [0.2, 0.25) is 0 Å². The fraction of sp³-hybridized carbons (Fsp3) is 0.357. The van der Waals surface area contributed by atoms with Crippen LogP contribution in [0.3, 0.4) is 0 Å². The first-order chi connectivity index (χ1) is 9.75. The van der Waals surface area contributed by atoms with E-state index >= 15 is 0 Å². The van der Waals surface area contributed by atoms with Crippen LogP contribution in [0.1, 0.15) is 27.2 Å². The van der Waals surface area contributed by atoms with Crippen LogP contribution in [0.5, 0.6) is 0 Å². The van der Waals surface area contributed by atoms with Crippen LogP contribution in [0.15, 0.2) is 29.9 Å². The lowest BCUT2D eigenvalue weighted by molar-refractivity contribution is -0.0246. The fourth-order valence-electron chi connectivity index (χ4n) is 2.23. The SMILES string of the molecule is Cc1ncsc1C(=O)N1CCO[C@@H](c2ccccn2)C1. The number of morpholine rings is 1. The Morgan fingerprint density at radius 1 is 1.45 bits per heavy atom. The second-order valence-electron chi connectivity index (χ2n) is 4.63. The minimum atomic E-state index is -0.151. The van der Waals surface area contributed by atoms with E-state index in [9.17, 15) is 4.79 Å². The Morgan fingerprint density at radius 2 is 2.35 bits per heavy atom. The lowest BCUT2D eigenvalue weighted by atomic mass is 10.2. The smallest absolute Gasteiger partial charge is 0.266 e. The number of thiazole rings is 1. The highest BCUT2D eigenvalue weighted by Gasteiger charge is 2.28. The third kappa shape index (κ3) is 2.57. The van der Waals surface area contributed by atoms with Crippen LogP contribution in [0, 0.1) is 6.92 Å². The average Bonchev–Trinajstić information content (AvgIpc) is 2.94. The monoisotopic (exact) mass is 289 g/mol. The second-order valence-corrected chi connectivity index (χ2v) is 5.49. The number of hydrogen-bond donors (Lipinski definition) is 0. The summed E-state index contributed by atoms with van der Waals surface area (Å²) >= 11 is 1.39. The van der Waals surface area contributed by atoms with Gasteiger partial charge in [0.1, 0.15) is 11.0 Å². The highest BCUT2D eigenvalue weighted by Crippen LogP contribution is 2.23. The van der Waals surface area contributed by atoms with E-state index in [4.69, 9.17) is 4.74 Å². The van der Waals surface area contributed by atoms with Gasteiger partial charge in [-0.05, 0) is 19.1 Å². The first-order valence-electron chi connectivity index (χ1n) is 6.47. The summed E-state index contributed by atoms with van der Waals surface area (Å²) < 4.78 is 5.72. The number of carbonyl (C=O) groups excluding carboxylic acids is 1. The zero-order valence-corrected chi connectivity index (χ0v) is 12.0. The third-order valence-electron chi connectivity index (χ3n) is 3.31. The number of amides is 1. The van der Waals surface area contributed by atoms with Crippen molar-refractivity contribution >= 4 is 17.2 Å². The van der Waals surface area contributed by atoms with Crippen molar-refractivity contribution in [3.63, 3.8) is 0 Å². The van der Waals surface area contributed by atoms with Crippen molar-refractivity contribution < 1.29 is 9.53 Å². The number of aromatic nitrogens is 2. The molecule has 0 unspecified atom stereocenters. The number of carbonyl (C=O) groups is 1. The number of rotatable bonds is 2. The Balaban J connectivity index is 1.76. The van der Waals surface area contributed by atoms with Gasteiger partial charge in [0.15, 0.2) is 0 Å². The number of aryl methyl sites for hydroxylation is 1. The van der Waals surface area contributed by atoms with E-state index in [1.54, 1.807) is 11.7 Å². The lowest BCUT2D eigenvalue weighted by Gasteiger charge is -2.32. The van der Waals surface area contributed by atoms with Gasteiger partial charge in [-0.15, -0.1) is 11.3 Å². The standard InChI is InChI=1S/C14H15N3O2S/c1-10-13(20-9-16-10)14(18)17-6-7-19-12(8-17)11-4-2-3-5-15-11/h2-5,9,12H,6-8H2,1H3/t12-/m1/s1. The minimum absolute atomic E-state index is 0.0363. The molecule has 1 fully saturated rings. The molecular formula is C14H15N3O2S. The molecule has 0 aliphatic carbocycles. The summed E-state index contributed by atoms with van der Waals surface area (Å²) in [6.07, 6.45) is 1.59. The van der Waals surface area contributed by atoms with Crippen LogP contribution in [-0.2, 0) is 4.74 Å². The van der Waals surface area contributed by atoms with E-state index in [1.165, 1.54) is 11.3 Å². The van der Waals surface area contributed by atoms with E-state index in [1.807, 2.05) is 30.0 Å². The molecule has 1 atom stereocenters. The number of hydrogen-bond acceptors (Lipinski definition) is 5. The quantitative estimate of drug-likeness (QED) is 0.849. The molecule has 0 bridgehead atoms. The summed E-state index contributed by atoms with van der Waals surface area (Å²) in [4.78, 5) is 23.5. The molecule has 1 saturated heterocycles. The van der Waals surface area contributed by atoms with E-state index in [2.05, 4.69) is 9.97 Å². The Morgan fingerprint density at radius 3 is 3.05 bits per heavy atom. The van der Waals surface area contributed by atoms with Crippen molar-refractivity contribution in [1.29, 1.82) is 0 Å². The third-order valence-corrected chi connectivity index (χ3v) is 4.23. The van der Waals surface area contributed by atoms with Gasteiger partial charge < -0.3 is 9.64 Å². The van der Waals surface area contributed by atoms with Crippen molar-refractivity contribution in [2.45, 2.75) is 13.0 Å². The Kier molecular flexibility index (Phi) is 3.75. The first-order valence-corrected chi connectivity index (χ1v) is 7.35. The summed E-state index contributed by atoms with van der Waals surface area (Å²) in [5.74, 6) is 0.0363. The van der Waals surface area contributed by atoms with E-state index in [0.717, 1.165) is 11.4 Å². The van der Waals surface area contributed by atoms with Crippen LogP contribution in [0.4, 0.5) is 0 Å². The van der Waals surface area contributed by atoms with Crippen LogP contribution in [0.25, 0.3) is 0 Å². The van der Waals surface area contributed by atoms with Gasteiger partial charge in [0.05, 0.1) is 30.1 Å². The predicted molar refractivity (Wildman–Crippen MR) is 75.7 cm³/mol. The van der Waals surface area contributed by atoms with Crippen LogP contribution < -0.4 is 0 Å². The van der Waals surface area contributed by atoms with Gasteiger partial charge in [0.2, 0.25) is 0 Å². The molecule has 6 heteroatoms. The Labute approximate surface area is 121 Å². The molecule has 1 aliphatic rings. The van der Waals surface area contributed by atoms with Gasteiger partial charge in [-0.3, -0.25) is 9.78 Å². The topological polar surface area (TPSA) is 55.3 Å². The Bertz CT molecular complexity index is 599. The van der Waals surface area contributed by atoms with Gasteiger partial charge in [-0.2, -0.15) is 0 Å². The maximum absolute atomic E-state index is 12.5. The van der Waals surface area contributed by atoms with Crippen molar-refractivity contribution in [2.24, 2.45) is 0 Å². The molecule has 1 aliphatic heterocycles. The zero-order chi connectivity index (χ0) is 13.9. The largest absolute Gasteiger partial charge is 0.368 e. The Hall–Kier alpha value is -1.79. The molecule has 2 aromatic heterocycles. The van der Waals surface area contributed by atoms with Crippen molar-refractivity contribution in [3.05, 3.63) is 46.2 Å². The lowest BCUT2D eigenvalue weighted by Crippen LogP contribution is -2.42. The zero-order valence-electron chi connectivity index (χ0n) is 11.2. The van der Waals surface area contributed by atoms with Crippen molar-refractivity contribution in [2.75, 3.05) is 19.7 Å². The number of nitrogens with zero attached hydrogens (tertiary/aromatic N) is 3. The first kappa shape index (κ1) is 13.2. The molecule has 2 aromatic rings. The molecule has 104 valence electrons. The normalized spacial score (nSPS) is 19.1. The summed E-state index contributed by atoms with van der Waals surface area (Å²) in [6.45, 7) is 3.54.